The maximum atomic E-state index is 12.2. The van der Waals surface area contributed by atoms with Gasteiger partial charge in [0.05, 0.1) is 12.9 Å². The molecule has 0 unspecified atom stereocenters. The Labute approximate surface area is 180 Å². The van der Waals surface area contributed by atoms with Crippen LogP contribution in [0.15, 0.2) is 51.6 Å². The summed E-state index contributed by atoms with van der Waals surface area (Å²) in [4.78, 5) is 28.3. The maximum Gasteiger partial charge on any atom is 0.269 e. The summed E-state index contributed by atoms with van der Waals surface area (Å²) in [5.41, 5.74) is 5.18. The van der Waals surface area contributed by atoms with E-state index >= 15 is 0 Å². The molecule has 0 radical (unpaired) electrons. The summed E-state index contributed by atoms with van der Waals surface area (Å²) in [6, 6.07) is 10.2. The number of nitrogens with one attached hydrogen (secondary N) is 2. The Balaban J connectivity index is 1.36. The van der Waals surface area contributed by atoms with Crippen molar-refractivity contribution in [2.75, 3.05) is 6.61 Å². The number of hydrogen-bond acceptors (Lipinski definition) is 7. The number of furan rings is 1. The zero-order valence-corrected chi connectivity index (χ0v) is 17.4. The van der Waals surface area contributed by atoms with Crippen molar-refractivity contribution in [2.45, 2.75) is 45.4 Å². The van der Waals surface area contributed by atoms with Crippen LogP contribution in [0, 0.1) is 0 Å². The fourth-order valence-corrected chi connectivity index (χ4v) is 2.77. The number of nitrogens with zero attached hydrogens (tertiary/aromatic N) is 2. The Kier molecular flexibility index (Phi) is 8.21. The molecule has 0 saturated heterocycles. The van der Waals surface area contributed by atoms with Gasteiger partial charge in [0.1, 0.15) is 5.75 Å². The maximum absolute atomic E-state index is 12.2. The molecule has 9 nitrogen and oxygen atoms in total. The molecule has 0 saturated carbocycles. The van der Waals surface area contributed by atoms with Crippen LogP contribution < -0.4 is 15.6 Å². The highest BCUT2D eigenvalue weighted by Gasteiger charge is 2.13. The molecule has 1 aromatic carbocycles. The number of carbonyl (C=O) groups is 2. The molecule has 2 N–H and O–H groups in total. The van der Waals surface area contributed by atoms with Crippen LogP contribution in [-0.4, -0.2) is 28.6 Å². The molecule has 2 aromatic heterocycles. The number of aromatic nitrogens is 2. The quantitative estimate of drug-likeness (QED) is 0.354. The number of hydrogen-bond donors (Lipinski definition) is 2. The van der Waals surface area contributed by atoms with Gasteiger partial charge in [-0.3, -0.25) is 20.4 Å². The number of hydrazine groups is 1. The molecular weight excluding hydrogens is 400 g/mol. The molecule has 0 aliphatic rings. The second-order valence-electron chi connectivity index (χ2n) is 6.92. The number of aryl methyl sites for hydroxylation is 1. The molecular formula is C22H26N4O5. The fourth-order valence-electron chi connectivity index (χ4n) is 2.77. The van der Waals surface area contributed by atoms with E-state index < -0.39 is 5.91 Å². The van der Waals surface area contributed by atoms with E-state index in [1.54, 1.807) is 36.4 Å². The van der Waals surface area contributed by atoms with Crippen LogP contribution in [0.3, 0.4) is 0 Å². The van der Waals surface area contributed by atoms with Crippen LogP contribution in [0.2, 0.25) is 0 Å². The van der Waals surface area contributed by atoms with E-state index in [1.807, 2.05) is 0 Å². The number of rotatable bonds is 11. The zero-order chi connectivity index (χ0) is 21.9. The minimum Gasteiger partial charge on any atom is -0.494 e. The largest absolute Gasteiger partial charge is 0.494 e. The fraction of sp³-hybridized carbons (Fsp3) is 0.364. The minimum absolute atomic E-state index is 0.0743. The van der Waals surface area contributed by atoms with Crippen LogP contribution in [0.1, 0.15) is 55.3 Å². The van der Waals surface area contributed by atoms with Gasteiger partial charge in [0.2, 0.25) is 17.6 Å². The van der Waals surface area contributed by atoms with Crippen molar-refractivity contribution in [1.82, 2.24) is 21.0 Å². The summed E-state index contributed by atoms with van der Waals surface area (Å²) in [6.07, 6.45) is 6.37. The number of unbranched alkanes of at least 4 members (excludes halogenated alkanes) is 3. The first-order chi connectivity index (χ1) is 15.2. The first-order valence-electron chi connectivity index (χ1n) is 10.3. The molecule has 3 aromatic rings. The molecule has 9 heteroatoms. The molecule has 2 amide bonds. The number of benzene rings is 1. The Morgan fingerprint density at radius 1 is 1.06 bits per heavy atom. The average molecular weight is 426 g/mol. The second-order valence-corrected chi connectivity index (χ2v) is 6.92. The topological polar surface area (TPSA) is 119 Å². The molecule has 0 atom stereocenters. The highest BCUT2D eigenvalue weighted by atomic mass is 16.5. The van der Waals surface area contributed by atoms with Crippen molar-refractivity contribution >= 4 is 11.8 Å². The third kappa shape index (κ3) is 6.98. The van der Waals surface area contributed by atoms with E-state index in [9.17, 15) is 9.59 Å². The van der Waals surface area contributed by atoms with Crippen molar-refractivity contribution in [3.05, 3.63) is 54.1 Å². The van der Waals surface area contributed by atoms with E-state index in [2.05, 4.69) is 27.9 Å². The number of amides is 2. The molecule has 3 rings (SSSR count). The molecule has 2 heterocycles. The van der Waals surface area contributed by atoms with Gasteiger partial charge in [-0.1, -0.05) is 31.3 Å². The van der Waals surface area contributed by atoms with Crippen molar-refractivity contribution in [2.24, 2.45) is 0 Å². The van der Waals surface area contributed by atoms with Gasteiger partial charge >= 0.3 is 0 Å². The van der Waals surface area contributed by atoms with Crippen molar-refractivity contribution in [3.63, 3.8) is 0 Å². The lowest BCUT2D eigenvalue weighted by Gasteiger charge is -2.08. The number of ether oxygens (including phenoxy) is 1. The van der Waals surface area contributed by atoms with E-state index in [-0.39, 0.29) is 18.7 Å². The third-order valence-electron chi connectivity index (χ3n) is 4.47. The smallest absolute Gasteiger partial charge is 0.269 e. The average Bonchev–Trinajstić information content (AvgIpc) is 3.48. The summed E-state index contributed by atoms with van der Waals surface area (Å²) < 4.78 is 15.9. The van der Waals surface area contributed by atoms with E-state index in [4.69, 9.17) is 13.7 Å². The van der Waals surface area contributed by atoms with Crippen LogP contribution in [-0.2, 0) is 11.2 Å². The SMILES string of the molecule is CCCCCCOc1ccc(C(=O)NNC(=O)CCc2nc(-c3ccco3)no2)cc1. The Bertz CT molecular complexity index is 951. The lowest BCUT2D eigenvalue weighted by molar-refractivity contribution is -0.121. The van der Waals surface area contributed by atoms with Gasteiger partial charge in [0.15, 0.2) is 5.76 Å². The van der Waals surface area contributed by atoms with Crippen LogP contribution in [0.5, 0.6) is 5.75 Å². The summed E-state index contributed by atoms with van der Waals surface area (Å²) in [6.45, 7) is 2.82. The first-order valence-corrected chi connectivity index (χ1v) is 10.3. The molecule has 31 heavy (non-hydrogen) atoms. The number of carbonyl (C=O) groups excluding carboxylic acids is 2. The Hall–Kier alpha value is -3.62. The third-order valence-corrected chi connectivity index (χ3v) is 4.47. The van der Waals surface area contributed by atoms with E-state index in [0.29, 0.717) is 35.4 Å². The van der Waals surface area contributed by atoms with Crippen molar-refractivity contribution < 1.29 is 23.3 Å². The Morgan fingerprint density at radius 3 is 2.65 bits per heavy atom. The van der Waals surface area contributed by atoms with E-state index in [1.165, 1.54) is 19.1 Å². The van der Waals surface area contributed by atoms with Crippen molar-refractivity contribution in [1.29, 1.82) is 0 Å². The first kappa shape index (κ1) is 22.1. The normalized spacial score (nSPS) is 10.6. The Morgan fingerprint density at radius 2 is 1.90 bits per heavy atom. The molecule has 0 bridgehead atoms. The lowest BCUT2D eigenvalue weighted by Crippen LogP contribution is -2.41. The predicted molar refractivity (Wildman–Crippen MR) is 112 cm³/mol. The lowest BCUT2D eigenvalue weighted by atomic mass is 10.2. The molecule has 0 fully saturated rings. The van der Waals surface area contributed by atoms with E-state index in [0.717, 1.165) is 12.8 Å². The summed E-state index contributed by atoms with van der Waals surface area (Å²) in [5, 5.41) is 3.80. The van der Waals surface area contributed by atoms with Gasteiger partial charge in [0.25, 0.3) is 5.91 Å². The van der Waals surface area contributed by atoms with Gasteiger partial charge in [-0.05, 0) is 42.8 Å². The van der Waals surface area contributed by atoms with Gasteiger partial charge in [0, 0.05) is 18.4 Å². The molecule has 0 aliphatic heterocycles. The highest BCUT2D eigenvalue weighted by molar-refractivity contribution is 5.95. The standard InChI is InChI=1S/C22H26N4O5/c1-2-3-4-5-14-29-17-10-8-16(9-11-17)22(28)25-24-19(27)12-13-20-23-21(26-31-20)18-7-6-15-30-18/h6-11,15H,2-5,12-14H2,1H3,(H,24,27)(H,25,28). The highest BCUT2D eigenvalue weighted by Crippen LogP contribution is 2.16. The van der Waals surface area contributed by atoms with Gasteiger partial charge < -0.3 is 13.7 Å². The van der Waals surface area contributed by atoms with Crippen molar-refractivity contribution in [3.8, 4) is 17.3 Å². The zero-order valence-electron chi connectivity index (χ0n) is 17.4. The minimum atomic E-state index is -0.416. The molecule has 164 valence electrons. The van der Waals surface area contributed by atoms with Crippen LogP contribution in [0.25, 0.3) is 11.6 Å². The van der Waals surface area contributed by atoms with Gasteiger partial charge in [-0.25, -0.2) is 0 Å². The monoisotopic (exact) mass is 426 g/mol. The van der Waals surface area contributed by atoms with Gasteiger partial charge in [-0.15, -0.1) is 0 Å². The summed E-state index contributed by atoms with van der Waals surface area (Å²) >= 11 is 0. The summed E-state index contributed by atoms with van der Waals surface area (Å²) in [7, 11) is 0. The molecule has 0 aliphatic carbocycles. The predicted octanol–water partition coefficient (Wildman–Crippen LogP) is 3.68. The van der Waals surface area contributed by atoms with Gasteiger partial charge in [-0.2, -0.15) is 4.98 Å². The van der Waals surface area contributed by atoms with Crippen LogP contribution in [0.4, 0.5) is 0 Å². The summed E-state index contributed by atoms with van der Waals surface area (Å²) in [5.74, 6) is 1.03. The second kappa shape index (κ2) is 11.5. The van der Waals surface area contributed by atoms with Crippen LogP contribution >= 0.6 is 0 Å². The molecule has 0 spiro atoms.